The second-order valence-electron chi connectivity index (χ2n) is 23.9. The first-order valence-electron chi connectivity index (χ1n) is 32.4. The number of nitrogens with one attached hydrogen (secondary N) is 8. The number of nitrogens with zero attached hydrogens (tertiary/aromatic N) is 8. The molecule has 26 heteroatoms. The molecule has 0 atom stereocenters. The van der Waals surface area contributed by atoms with Crippen LogP contribution in [-0.2, 0) is 18.6 Å². The van der Waals surface area contributed by atoms with Crippen molar-refractivity contribution in [2.45, 2.75) is 0 Å². The number of rotatable bonds is 16. The summed E-state index contributed by atoms with van der Waals surface area (Å²) in [5.41, 5.74) is -4.75. The zero-order valence-electron chi connectivity index (χ0n) is 54.6. The average molecular weight is 1450 g/mol. The van der Waals surface area contributed by atoms with Gasteiger partial charge in [0.2, 0.25) is 0 Å². The maximum absolute atomic E-state index is 18.9. The zero-order valence-corrected chi connectivity index (χ0v) is 56.0. The Labute approximate surface area is 609 Å². The summed E-state index contributed by atoms with van der Waals surface area (Å²) in [6.07, 6.45) is 0. The van der Waals surface area contributed by atoms with Gasteiger partial charge in [-0.1, -0.05) is 146 Å². The predicted molar refractivity (Wildman–Crippen MR) is 400 cm³/mol. The van der Waals surface area contributed by atoms with Crippen molar-refractivity contribution >= 4 is 159 Å². The van der Waals surface area contributed by atoms with E-state index >= 15 is 35.1 Å². The number of anilines is 16. The molecule has 3 aliphatic rings. The van der Waals surface area contributed by atoms with Crippen LogP contribution in [0, 0.1) is 46.5 Å². The van der Waals surface area contributed by atoms with Crippen LogP contribution in [0.15, 0.2) is 263 Å². The summed E-state index contributed by atoms with van der Waals surface area (Å²) < 4.78 is 151. The fourth-order valence-corrected chi connectivity index (χ4v) is 12.6. The standard InChI is InChI=1S/C80H48F8N16.H2O.V/c81-57-49-50(58(82)66(90-42-27-11-2-12-28-42)65(57)89-41-25-9-1-10-26-41)74-97-73(49)101-75-51-52(60(84)68(92-44-31-15-4-16-32-44)67(59(51)83)91-43-29-13-3-14-30-43)77(98-75)103-79-55-56(64(88)72(96-48-39-23-8-24-40-48)71(63(55)87)95-47-37-21-7-22-38-47)80(100-79)104-78-54-53(76(99-78)102-74)61(85)69(93-45-33-17-5-18-34-45)70(62(54)86)94-46-35-19-6-20-36-46;;/h1-40,89-96H;1H2;/q-4;;. The Morgan fingerprint density at radius 3 is 0.651 bits per heavy atom. The molecule has 5 heterocycles. The van der Waals surface area contributed by atoms with Crippen LogP contribution in [0.25, 0.3) is 32.2 Å². The number of fused-ring (bicyclic) bond motifs is 18. The molecule has 0 unspecified atom stereocenters. The molecule has 3 aliphatic heterocycles. The normalized spacial score (nSPS) is 12.4. The molecule has 10 N–H and O–H groups in total. The molecule has 0 aliphatic carbocycles. The Kier molecular flexibility index (Phi) is 18.2. The third-order valence-electron chi connectivity index (χ3n) is 17.3. The van der Waals surface area contributed by atoms with E-state index in [1.165, 1.54) is 0 Å². The van der Waals surface area contributed by atoms with Crippen LogP contribution in [0.4, 0.5) is 149 Å². The summed E-state index contributed by atoms with van der Waals surface area (Å²) in [6.45, 7) is 0. The van der Waals surface area contributed by atoms with Crippen molar-refractivity contribution in [3.8, 4) is 0 Å². The molecule has 0 fully saturated rings. The van der Waals surface area contributed by atoms with Crippen molar-refractivity contribution in [2.75, 3.05) is 42.5 Å². The molecular weight excluding hydrogens is 1400 g/mol. The number of hydrogen-bond acceptors (Lipinski definition) is 12. The van der Waals surface area contributed by atoms with E-state index in [1.54, 1.807) is 243 Å². The Morgan fingerprint density at radius 1 is 0.226 bits per heavy atom. The number of aliphatic imine (C=N–C) groups is 4. The summed E-state index contributed by atoms with van der Waals surface area (Å²) in [4.78, 5) is 28.3. The molecule has 0 saturated carbocycles. The molecule has 2 aromatic heterocycles. The number of benzene rings is 12. The van der Waals surface area contributed by atoms with Crippen LogP contribution in [0.5, 0.6) is 0 Å². The second kappa shape index (κ2) is 28.3. The minimum atomic E-state index is -1.24. The number of amidine groups is 4. The summed E-state index contributed by atoms with van der Waals surface area (Å²) in [7, 11) is 0. The van der Waals surface area contributed by atoms with Gasteiger partial charge in [-0.15, -0.1) is 23.3 Å². The molecule has 521 valence electrons. The van der Waals surface area contributed by atoms with Gasteiger partial charge >= 0.3 is 0 Å². The molecule has 14 aromatic rings. The molecule has 0 spiro atoms. The molecule has 8 bridgehead atoms. The summed E-state index contributed by atoms with van der Waals surface area (Å²) in [5, 5.41) is 30.5. The number of para-hydroxylation sites is 8. The van der Waals surface area contributed by atoms with Crippen LogP contribution in [0.1, 0.15) is 22.3 Å². The number of halogens is 8. The maximum Gasteiger partial charge on any atom is 0.157 e. The van der Waals surface area contributed by atoms with Gasteiger partial charge in [0.1, 0.15) is 45.5 Å². The van der Waals surface area contributed by atoms with Crippen molar-refractivity contribution in [1.82, 2.24) is 9.97 Å². The molecular formula is C80H50F8N16OV-4. The smallest absolute Gasteiger partial charge is 0.157 e. The third-order valence-corrected chi connectivity index (χ3v) is 17.3. The van der Waals surface area contributed by atoms with E-state index in [0.29, 0.717) is 0 Å². The first kappa shape index (κ1) is 68.2. The van der Waals surface area contributed by atoms with Crippen molar-refractivity contribution < 1.29 is 59.2 Å². The van der Waals surface area contributed by atoms with E-state index in [2.05, 4.69) is 42.5 Å². The number of hydrogen-bond donors (Lipinski definition) is 8. The molecule has 0 amide bonds. The molecule has 17 rings (SSSR count). The van der Waals surface area contributed by atoms with Gasteiger partial charge in [0.25, 0.3) is 0 Å². The monoisotopic (exact) mass is 1450 g/mol. The van der Waals surface area contributed by atoms with Crippen LogP contribution < -0.4 is 52.5 Å². The molecule has 12 aromatic carbocycles. The Balaban J connectivity index is 0.00000450. The first-order valence-corrected chi connectivity index (χ1v) is 32.4. The van der Waals surface area contributed by atoms with Crippen LogP contribution in [-0.4, -0.2) is 28.8 Å². The zero-order chi connectivity index (χ0) is 70.7. The van der Waals surface area contributed by atoms with Crippen molar-refractivity contribution in [2.24, 2.45) is 20.0 Å². The Hall–Kier alpha value is -13.6. The first-order chi connectivity index (χ1) is 50.9. The van der Waals surface area contributed by atoms with Gasteiger partial charge in [0.15, 0.2) is 46.5 Å². The third kappa shape index (κ3) is 12.3. The van der Waals surface area contributed by atoms with Gasteiger partial charge in [-0.25, -0.2) is 35.1 Å². The van der Waals surface area contributed by atoms with E-state index in [9.17, 15) is 0 Å². The molecule has 0 saturated heterocycles. The number of aromatic nitrogens is 2. The van der Waals surface area contributed by atoms with Crippen LogP contribution in [0.3, 0.4) is 0 Å². The Bertz CT molecular complexity index is 5530. The quantitative estimate of drug-likeness (QED) is 0.0426. The van der Waals surface area contributed by atoms with Crippen molar-refractivity contribution in [1.29, 1.82) is 0 Å². The second-order valence-corrected chi connectivity index (χ2v) is 23.9. The largest absolute Gasteiger partial charge is 0.523 e. The SMILES string of the molecule is Fc1c(Nc2ccccc2)c(Nc2ccccc2)c(F)c2c1C1=Nc3[n-]c(c4c(F)c(Nc5ccccc5)c(Nc5ccccc5)c(F)c34)N=C3N=C([N-]c4[n-]c(c5c(F)c(Nc6ccccc6)c(Nc6ccccc6)c(F)c45)[N-]C2=N1)c1c(F)c(Nc2ccccc2)c(Nc2ccccc2)c(F)c13.O.[V]. The van der Waals surface area contributed by atoms with Gasteiger partial charge in [-0.05, 0) is 109 Å². The summed E-state index contributed by atoms with van der Waals surface area (Å²) in [5.74, 6) is -16.0. The Morgan fingerprint density at radius 2 is 0.425 bits per heavy atom. The van der Waals surface area contributed by atoms with Gasteiger partial charge in [0, 0.05) is 119 Å². The van der Waals surface area contributed by atoms with Gasteiger partial charge in [-0.3, -0.25) is 0 Å². The van der Waals surface area contributed by atoms with Crippen LogP contribution in [0.2, 0.25) is 0 Å². The molecule has 1 radical (unpaired) electrons. The molecule has 106 heavy (non-hydrogen) atoms. The van der Waals surface area contributed by atoms with Crippen molar-refractivity contribution in [3.63, 3.8) is 0 Å². The summed E-state index contributed by atoms with van der Waals surface area (Å²) in [6, 6.07) is 65.7. The van der Waals surface area contributed by atoms with Gasteiger partial charge in [-0.2, -0.15) is 0 Å². The topological polar surface area (TPSA) is 234 Å². The van der Waals surface area contributed by atoms with E-state index in [-0.39, 0.29) is 69.5 Å². The van der Waals surface area contributed by atoms with Crippen molar-refractivity contribution in [3.05, 3.63) is 322 Å². The van der Waals surface area contributed by atoms with E-state index < -0.39 is 182 Å². The van der Waals surface area contributed by atoms with E-state index in [1.807, 2.05) is 0 Å². The minimum Gasteiger partial charge on any atom is -0.523 e. The average Bonchev–Trinajstić information content (AvgIpc) is 1.56. The van der Waals surface area contributed by atoms with Gasteiger partial charge in [0.05, 0.1) is 0 Å². The fraction of sp³-hybridized carbons (Fsp3) is 0. The summed E-state index contributed by atoms with van der Waals surface area (Å²) >= 11 is 0. The maximum atomic E-state index is 18.9. The van der Waals surface area contributed by atoms with E-state index in [4.69, 9.17) is 40.6 Å². The molecule has 17 nitrogen and oxygen atoms in total. The van der Waals surface area contributed by atoms with E-state index in [0.717, 1.165) is 0 Å². The minimum absolute atomic E-state index is 0. The van der Waals surface area contributed by atoms with Gasteiger partial charge < -0.3 is 88.6 Å². The predicted octanol–water partition coefficient (Wildman–Crippen LogP) is 21.5. The fourth-order valence-electron chi connectivity index (χ4n) is 12.6. The van der Waals surface area contributed by atoms with Crippen LogP contribution >= 0.6 is 0 Å².